The molecule has 178 valence electrons. The predicted octanol–water partition coefficient (Wildman–Crippen LogP) is 4.73. The van der Waals surface area contributed by atoms with Gasteiger partial charge in [0.25, 0.3) is 5.91 Å². The minimum absolute atomic E-state index is 0.0340. The van der Waals surface area contributed by atoms with Crippen LogP contribution in [0.2, 0.25) is 5.02 Å². The number of nitrogens with zero attached hydrogens (tertiary/aromatic N) is 1. The third kappa shape index (κ3) is 4.06. The molecule has 0 saturated heterocycles. The summed E-state index contributed by atoms with van der Waals surface area (Å²) >= 11 is 6.21. The van der Waals surface area contributed by atoms with Crippen LogP contribution in [0.15, 0.2) is 54.6 Å². The molecule has 6 nitrogen and oxygen atoms in total. The number of hydrogen-bond donors (Lipinski definition) is 2. The molecule has 2 N–H and O–H groups in total. The fourth-order valence-electron chi connectivity index (χ4n) is 4.66. The molecular formula is C27H23ClFN3O3. The summed E-state index contributed by atoms with van der Waals surface area (Å²) < 4.78 is 14.5. The number of anilines is 2. The number of hydrogen-bond acceptors (Lipinski definition) is 3. The van der Waals surface area contributed by atoms with E-state index in [1.807, 2.05) is 32.0 Å². The average Bonchev–Trinajstić information content (AvgIpc) is 3.28. The maximum Gasteiger partial charge on any atom is 0.251 e. The summed E-state index contributed by atoms with van der Waals surface area (Å²) in [6.07, 6.45) is 0.327. The Morgan fingerprint density at radius 1 is 1.14 bits per heavy atom. The van der Waals surface area contributed by atoms with Gasteiger partial charge in [0, 0.05) is 34.1 Å². The van der Waals surface area contributed by atoms with Gasteiger partial charge >= 0.3 is 0 Å². The lowest BCUT2D eigenvalue weighted by Crippen LogP contribution is -2.36. The molecule has 2 heterocycles. The maximum absolute atomic E-state index is 14.5. The first-order valence-corrected chi connectivity index (χ1v) is 11.6. The highest BCUT2D eigenvalue weighted by molar-refractivity contribution is 6.31. The van der Waals surface area contributed by atoms with Crippen LogP contribution >= 0.6 is 11.6 Å². The lowest BCUT2D eigenvalue weighted by molar-refractivity contribution is -0.122. The summed E-state index contributed by atoms with van der Waals surface area (Å²) in [6.45, 7) is 3.87. The lowest BCUT2D eigenvalue weighted by atomic mass is 9.86. The summed E-state index contributed by atoms with van der Waals surface area (Å²) in [4.78, 5) is 39.3. The van der Waals surface area contributed by atoms with E-state index in [1.165, 1.54) is 17.0 Å². The van der Waals surface area contributed by atoms with E-state index in [1.54, 1.807) is 24.3 Å². The van der Waals surface area contributed by atoms with Crippen molar-refractivity contribution in [2.24, 2.45) is 0 Å². The van der Waals surface area contributed by atoms with Crippen LogP contribution in [0.5, 0.6) is 0 Å². The molecule has 2 aliphatic heterocycles. The van der Waals surface area contributed by atoms with E-state index < -0.39 is 11.2 Å². The third-order valence-electron chi connectivity index (χ3n) is 6.63. The number of fused-ring (bicyclic) bond motifs is 2. The molecule has 8 heteroatoms. The third-order valence-corrected chi connectivity index (χ3v) is 6.98. The molecule has 0 saturated carbocycles. The van der Waals surface area contributed by atoms with Crippen molar-refractivity contribution in [2.45, 2.75) is 38.8 Å². The van der Waals surface area contributed by atoms with Gasteiger partial charge in [-0.25, -0.2) is 4.39 Å². The van der Waals surface area contributed by atoms with E-state index in [0.717, 1.165) is 22.4 Å². The number of benzene rings is 3. The SMILES string of the molecule is CC1(C)C(=O)N(Cc2c(F)cccc2Cl)c2cc(C(=O)NCc3ccc4c(c3)CC(=O)N4)ccc21. The normalized spacial score (nSPS) is 15.6. The maximum atomic E-state index is 14.5. The number of rotatable bonds is 5. The summed E-state index contributed by atoms with van der Waals surface area (Å²) in [6, 6.07) is 15.1. The second kappa shape index (κ2) is 8.50. The van der Waals surface area contributed by atoms with E-state index >= 15 is 0 Å². The number of amides is 3. The van der Waals surface area contributed by atoms with Crippen molar-refractivity contribution in [2.75, 3.05) is 10.2 Å². The van der Waals surface area contributed by atoms with Gasteiger partial charge in [0.05, 0.1) is 18.4 Å². The summed E-state index contributed by atoms with van der Waals surface area (Å²) in [5.41, 5.74) is 3.70. The molecule has 3 amide bonds. The van der Waals surface area contributed by atoms with Crippen molar-refractivity contribution in [3.05, 3.63) is 93.3 Å². The molecule has 0 aromatic heterocycles. The van der Waals surface area contributed by atoms with Gasteiger partial charge in [-0.15, -0.1) is 0 Å². The molecule has 0 aliphatic carbocycles. The van der Waals surface area contributed by atoms with Gasteiger partial charge in [-0.3, -0.25) is 14.4 Å². The van der Waals surface area contributed by atoms with Crippen molar-refractivity contribution in [1.82, 2.24) is 5.32 Å². The Labute approximate surface area is 207 Å². The monoisotopic (exact) mass is 491 g/mol. The highest BCUT2D eigenvalue weighted by Gasteiger charge is 2.44. The van der Waals surface area contributed by atoms with Crippen LogP contribution in [-0.4, -0.2) is 17.7 Å². The van der Waals surface area contributed by atoms with Crippen LogP contribution < -0.4 is 15.5 Å². The highest BCUT2D eigenvalue weighted by atomic mass is 35.5. The lowest BCUT2D eigenvalue weighted by Gasteiger charge is -2.21. The fraction of sp³-hybridized carbons (Fsp3) is 0.222. The molecule has 3 aromatic carbocycles. The number of carbonyl (C=O) groups excluding carboxylic acids is 3. The Bertz CT molecular complexity index is 1380. The number of halogens is 2. The predicted molar refractivity (Wildman–Crippen MR) is 132 cm³/mol. The van der Waals surface area contributed by atoms with E-state index in [9.17, 15) is 18.8 Å². The Hall–Kier alpha value is -3.71. The van der Waals surface area contributed by atoms with Crippen molar-refractivity contribution < 1.29 is 18.8 Å². The van der Waals surface area contributed by atoms with Gasteiger partial charge in [-0.2, -0.15) is 0 Å². The summed E-state index contributed by atoms with van der Waals surface area (Å²) in [7, 11) is 0. The Morgan fingerprint density at radius 2 is 1.94 bits per heavy atom. The average molecular weight is 492 g/mol. The molecule has 3 aromatic rings. The topological polar surface area (TPSA) is 78.5 Å². The van der Waals surface area contributed by atoms with E-state index in [0.29, 0.717) is 17.7 Å². The van der Waals surface area contributed by atoms with Gasteiger partial charge in [-0.05, 0) is 60.9 Å². The number of nitrogens with one attached hydrogen (secondary N) is 2. The van der Waals surface area contributed by atoms with Crippen LogP contribution in [0.4, 0.5) is 15.8 Å². The van der Waals surface area contributed by atoms with Crippen LogP contribution in [0.25, 0.3) is 0 Å². The zero-order valence-corrected chi connectivity index (χ0v) is 20.0. The van der Waals surface area contributed by atoms with Crippen LogP contribution in [0.1, 0.15) is 46.5 Å². The zero-order chi connectivity index (χ0) is 24.9. The molecule has 2 aliphatic rings. The standard InChI is InChI=1S/C27H23ClFN3O3/c1-27(2)19-8-7-16(25(34)30-13-15-6-9-22-17(10-15)12-24(33)31-22)11-23(19)32(26(27)35)14-18-20(28)4-3-5-21(18)29/h3-11H,12-14H2,1-2H3,(H,30,34)(H,31,33). The van der Waals surface area contributed by atoms with Crippen LogP contribution in [0, 0.1) is 5.82 Å². The van der Waals surface area contributed by atoms with Crippen LogP contribution in [-0.2, 0) is 34.5 Å². The zero-order valence-electron chi connectivity index (χ0n) is 19.2. The minimum Gasteiger partial charge on any atom is -0.348 e. The molecule has 0 bridgehead atoms. The quantitative estimate of drug-likeness (QED) is 0.541. The van der Waals surface area contributed by atoms with Crippen molar-refractivity contribution in [3.8, 4) is 0 Å². The summed E-state index contributed by atoms with van der Waals surface area (Å²) in [5, 5.41) is 5.92. The van der Waals surface area contributed by atoms with Crippen molar-refractivity contribution in [3.63, 3.8) is 0 Å². The molecule has 0 unspecified atom stereocenters. The largest absolute Gasteiger partial charge is 0.348 e. The fourth-order valence-corrected chi connectivity index (χ4v) is 4.88. The molecule has 0 spiro atoms. The molecule has 0 fully saturated rings. The van der Waals surface area contributed by atoms with E-state index in [-0.39, 0.29) is 41.4 Å². The first kappa shape index (κ1) is 23.1. The van der Waals surface area contributed by atoms with Crippen LogP contribution in [0.3, 0.4) is 0 Å². The minimum atomic E-state index is -0.821. The molecule has 5 rings (SSSR count). The first-order valence-electron chi connectivity index (χ1n) is 11.2. The van der Waals surface area contributed by atoms with Crippen molar-refractivity contribution in [1.29, 1.82) is 0 Å². The van der Waals surface area contributed by atoms with Crippen molar-refractivity contribution >= 4 is 40.7 Å². The van der Waals surface area contributed by atoms with Gasteiger partial charge < -0.3 is 15.5 Å². The highest BCUT2D eigenvalue weighted by Crippen LogP contribution is 2.43. The van der Waals surface area contributed by atoms with Gasteiger partial charge in [-0.1, -0.05) is 35.9 Å². The summed E-state index contributed by atoms with van der Waals surface area (Å²) in [5.74, 6) is -1.02. The molecule has 35 heavy (non-hydrogen) atoms. The second-order valence-corrected chi connectivity index (χ2v) is 9.75. The number of carbonyl (C=O) groups is 3. The molecule has 0 radical (unpaired) electrons. The Morgan fingerprint density at radius 3 is 2.71 bits per heavy atom. The van der Waals surface area contributed by atoms with E-state index in [4.69, 9.17) is 11.6 Å². The smallest absolute Gasteiger partial charge is 0.251 e. The Balaban J connectivity index is 1.39. The Kier molecular flexibility index (Phi) is 5.60. The molecule has 0 atom stereocenters. The van der Waals surface area contributed by atoms with Gasteiger partial charge in [0.15, 0.2) is 0 Å². The first-order chi connectivity index (χ1) is 16.6. The van der Waals surface area contributed by atoms with Gasteiger partial charge in [0.1, 0.15) is 5.82 Å². The van der Waals surface area contributed by atoms with E-state index in [2.05, 4.69) is 10.6 Å². The second-order valence-electron chi connectivity index (χ2n) is 9.35. The molecular weight excluding hydrogens is 469 g/mol. The van der Waals surface area contributed by atoms with Gasteiger partial charge in [0.2, 0.25) is 11.8 Å².